The van der Waals surface area contributed by atoms with Crippen molar-refractivity contribution in [1.29, 1.82) is 0 Å². The van der Waals surface area contributed by atoms with E-state index in [4.69, 9.17) is 20.8 Å². The molecule has 0 aliphatic carbocycles. The van der Waals surface area contributed by atoms with Gasteiger partial charge in [0.15, 0.2) is 12.3 Å². The number of halogens is 2. The molecule has 2 aliphatic heterocycles. The van der Waals surface area contributed by atoms with Crippen molar-refractivity contribution in [2.75, 3.05) is 26.2 Å². The first kappa shape index (κ1) is 17.3. The Bertz CT molecular complexity index is 813. The van der Waals surface area contributed by atoms with Crippen LogP contribution in [0.3, 0.4) is 0 Å². The first-order valence-electron chi connectivity index (χ1n) is 8.66. The zero-order chi connectivity index (χ0) is 18.1. The second-order valence-electron chi connectivity index (χ2n) is 6.57. The smallest absolute Gasteiger partial charge is 0.275 e. The average Bonchev–Trinajstić information content (AvgIpc) is 3.29. The summed E-state index contributed by atoms with van der Waals surface area (Å²) in [6.07, 6.45) is 3.69. The molecule has 2 fully saturated rings. The molecule has 0 radical (unpaired) electrons. The summed E-state index contributed by atoms with van der Waals surface area (Å²) in [7, 11) is 0. The maximum absolute atomic E-state index is 13.0. The van der Waals surface area contributed by atoms with Crippen LogP contribution in [-0.4, -0.2) is 52.9 Å². The minimum absolute atomic E-state index is 0.00896. The van der Waals surface area contributed by atoms with Crippen LogP contribution < -0.4 is 4.74 Å². The van der Waals surface area contributed by atoms with Gasteiger partial charge in [-0.15, -0.1) is 0 Å². The number of ether oxygens (including phenoxy) is 1. The Morgan fingerprint density at radius 3 is 3.12 bits per heavy atom. The summed E-state index contributed by atoms with van der Waals surface area (Å²) < 4.78 is 23.9. The van der Waals surface area contributed by atoms with Crippen LogP contribution in [-0.2, 0) is 6.61 Å². The number of rotatable bonds is 4. The van der Waals surface area contributed by atoms with E-state index in [1.807, 2.05) is 4.90 Å². The van der Waals surface area contributed by atoms with Crippen molar-refractivity contribution < 1.29 is 18.3 Å². The molecule has 1 unspecified atom stereocenters. The summed E-state index contributed by atoms with van der Waals surface area (Å²) in [6.45, 7) is 3.49. The molecular formula is C18H19ClFN3O3. The number of fused-ring (bicyclic) bond motifs is 1. The van der Waals surface area contributed by atoms with Crippen molar-refractivity contribution >= 4 is 17.5 Å². The lowest BCUT2D eigenvalue weighted by molar-refractivity contribution is 0.0565. The Hall–Kier alpha value is -2.12. The Morgan fingerprint density at radius 1 is 1.38 bits per heavy atom. The van der Waals surface area contributed by atoms with E-state index in [0.29, 0.717) is 18.3 Å². The highest BCUT2D eigenvalue weighted by molar-refractivity contribution is 6.32. The molecule has 0 bridgehead atoms. The number of aromatic nitrogens is 1. The lowest BCUT2D eigenvalue weighted by Gasteiger charge is -2.37. The van der Waals surface area contributed by atoms with Crippen LogP contribution in [0, 0.1) is 5.82 Å². The number of carbonyl (C=O) groups excluding carboxylic acids is 1. The predicted octanol–water partition coefficient (Wildman–Crippen LogP) is 2.97. The van der Waals surface area contributed by atoms with Crippen LogP contribution in [0.5, 0.6) is 5.75 Å². The third-order valence-electron chi connectivity index (χ3n) is 4.89. The van der Waals surface area contributed by atoms with Gasteiger partial charge in [0.05, 0.1) is 5.02 Å². The summed E-state index contributed by atoms with van der Waals surface area (Å²) in [5.41, 5.74) is 0.278. The van der Waals surface area contributed by atoms with Crippen LogP contribution in [0.15, 0.2) is 28.9 Å². The van der Waals surface area contributed by atoms with Crippen LogP contribution >= 0.6 is 11.6 Å². The van der Waals surface area contributed by atoms with Gasteiger partial charge in [0.1, 0.15) is 17.8 Å². The van der Waals surface area contributed by atoms with Crippen LogP contribution in [0.1, 0.15) is 29.2 Å². The number of hydrogen-bond donors (Lipinski definition) is 0. The zero-order valence-corrected chi connectivity index (χ0v) is 14.9. The van der Waals surface area contributed by atoms with E-state index in [0.717, 1.165) is 26.1 Å². The molecule has 138 valence electrons. The van der Waals surface area contributed by atoms with E-state index < -0.39 is 5.82 Å². The first-order chi connectivity index (χ1) is 12.6. The minimum Gasteiger partial charge on any atom is -0.482 e. The lowest BCUT2D eigenvalue weighted by atomic mass is 10.1. The summed E-state index contributed by atoms with van der Waals surface area (Å²) >= 11 is 5.92. The average molecular weight is 380 g/mol. The molecule has 0 spiro atoms. The number of amides is 1. The lowest BCUT2D eigenvalue weighted by Crippen LogP contribution is -2.52. The fourth-order valence-corrected chi connectivity index (χ4v) is 3.77. The highest BCUT2D eigenvalue weighted by atomic mass is 35.5. The van der Waals surface area contributed by atoms with Gasteiger partial charge in [-0.05, 0) is 37.6 Å². The van der Waals surface area contributed by atoms with E-state index in [2.05, 4.69) is 9.88 Å². The molecule has 1 amide bonds. The third kappa shape index (κ3) is 3.54. The van der Waals surface area contributed by atoms with E-state index in [1.54, 1.807) is 0 Å². The molecule has 26 heavy (non-hydrogen) atoms. The van der Waals surface area contributed by atoms with Gasteiger partial charge in [-0.1, -0.05) is 11.6 Å². The molecule has 2 aliphatic rings. The minimum atomic E-state index is -0.436. The van der Waals surface area contributed by atoms with Gasteiger partial charge in [-0.3, -0.25) is 9.69 Å². The topological polar surface area (TPSA) is 58.8 Å². The van der Waals surface area contributed by atoms with E-state index in [9.17, 15) is 9.18 Å². The number of piperazine rings is 1. The Morgan fingerprint density at radius 2 is 2.27 bits per heavy atom. The maximum Gasteiger partial charge on any atom is 0.275 e. The molecule has 4 rings (SSSR count). The summed E-state index contributed by atoms with van der Waals surface area (Å²) in [4.78, 5) is 21.2. The van der Waals surface area contributed by atoms with Gasteiger partial charge in [-0.2, -0.15) is 0 Å². The van der Waals surface area contributed by atoms with Gasteiger partial charge in [-0.25, -0.2) is 9.37 Å². The summed E-state index contributed by atoms with van der Waals surface area (Å²) in [6, 6.07) is 4.33. The first-order valence-corrected chi connectivity index (χ1v) is 9.03. The second kappa shape index (κ2) is 7.25. The standard InChI is InChI=1S/C18H19ClFN3O3/c19-14-8-12(20)3-4-16(14)25-11-17-21-15(10-26-17)18(24)23-7-6-22-5-1-2-13(22)9-23/h3-4,8,10,13H,1-2,5-7,9,11H2. The van der Waals surface area contributed by atoms with Gasteiger partial charge in [0, 0.05) is 25.7 Å². The maximum atomic E-state index is 13.0. The fourth-order valence-electron chi connectivity index (χ4n) is 3.54. The Kier molecular flexibility index (Phi) is 4.82. The molecule has 1 atom stereocenters. The molecule has 1 aromatic carbocycles. The van der Waals surface area contributed by atoms with Gasteiger partial charge in [0.25, 0.3) is 5.91 Å². The van der Waals surface area contributed by atoms with Crippen molar-refractivity contribution in [2.24, 2.45) is 0 Å². The highest BCUT2D eigenvalue weighted by Crippen LogP contribution is 2.26. The SMILES string of the molecule is O=C(c1coc(COc2ccc(F)cc2Cl)n1)N1CCN2CCCC2C1. The zero-order valence-electron chi connectivity index (χ0n) is 14.2. The molecule has 1 aromatic heterocycles. The molecule has 2 aromatic rings. The number of benzene rings is 1. The van der Waals surface area contributed by atoms with Gasteiger partial charge < -0.3 is 14.1 Å². The quantitative estimate of drug-likeness (QED) is 0.817. The summed E-state index contributed by atoms with van der Waals surface area (Å²) in [5, 5.41) is 0.169. The Balaban J connectivity index is 1.37. The second-order valence-corrected chi connectivity index (χ2v) is 6.98. The van der Waals surface area contributed by atoms with Gasteiger partial charge in [0.2, 0.25) is 5.89 Å². The number of carbonyl (C=O) groups is 1. The third-order valence-corrected chi connectivity index (χ3v) is 5.19. The normalized spacial score (nSPS) is 20.2. The predicted molar refractivity (Wildman–Crippen MR) is 92.7 cm³/mol. The number of nitrogens with zero attached hydrogens (tertiary/aromatic N) is 3. The monoisotopic (exact) mass is 379 g/mol. The van der Waals surface area contributed by atoms with Crippen molar-refractivity contribution in [2.45, 2.75) is 25.5 Å². The van der Waals surface area contributed by atoms with E-state index >= 15 is 0 Å². The van der Waals surface area contributed by atoms with Crippen LogP contribution in [0.2, 0.25) is 5.02 Å². The molecule has 0 N–H and O–H groups in total. The Labute approximate surface area is 155 Å². The van der Waals surface area contributed by atoms with E-state index in [-0.39, 0.29) is 29.1 Å². The number of hydrogen-bond acceptors (Lipinski definition) is 5. The molecule has 2 saturated heterocycles. The van der Waals surface area contributed by atoms with Crippen molar-refractivity contribution in [3.05, 3.63) is 46.9 Å². The van der Waals surface area contributed by atoms with Crippen molar-refractivity contribution in [3.8, 4) is 5.75 Å². The molecular weight excluding hydrogens is 361 g/mol. The molecule has 3 heterocycles. The fraction of sp³-hybridized carbons (Fsp3) is 0.444. The van der Waals surface area contributed by atoms with Crippen LogP contribution in [0.25, 0.3) is 0 Å². The highest BCUT2D eigenvalue weighted by Gasteiger charge is 2.33. The number of oxazole rings is 1. The summed E-state index contributed by atoms with van der Waals surface area (Å²) in [5.74, 6) is 0.0461. The van der Waals surface area contributed by atoms with Gasteiger partial charge >= 0.3 is 0 Å². The van der Waals surface area contributed by atoms with E-state index in [1.165, 1.54) is 30.9 Å². The van der Waals surface area contributed by atoms with Crippen molar-refractivity contribution in [1.82, 2.24) is 14.8 Å². The molecule has 6 nitrogen and oxygen atoms in total. The van der Waals surface area contributed by atoms with Crippen LogP contribution in [0.4, 0.5) is 4.39 Å². The molecule has 0 saturated carbocycles. The molecule has 8 heteroatoms. The van der Waals surface area contributed by atoms with Crippen molar-refractivity contribution in [3.63, 3.8) is 0 Å². The largest absolute Gasteiger partial charge is 0.482 e.